The van der Waals surface area contributed by atoms with Gasteiger partial charge in [0, 0.05) is 18.6 Å². The summed E-state index contributed by atoms with van der Waals surface area (Å²) in [5.41, 5.74) is 1.51. The number of amides is 1. The normalized spacial score (nSPS) is 11.4. The van der Waals surface area contributed by atoms with E-state index in [1.54, 1.807) is 49.2 Å². The van der Waals surface area contributed by atoms with Crippen molar-refractivity contribution in [1.82, 2.24) is 4.90 Å². The first-order valence-corrected chi connectivity index (χ1v) is 7.53. The highest BCUT2D eigenvalue weighted by Gasteiger charge is 2.19. The molecule has 0 aliphatic carbocycles. The first-order valence-electron chi connectivity index (χ1n) is 7.16. The minimum atomic E-state index is -0.618. The van der Waals surface area contributed by atoms with Crippen LogP contribution in [0.3, 0.4) is 0 Å². The molecule has 0 aliphatic heterocycles. The molecular formula is C18H17ClN2O2. The molecule has 23 heavy (non-hydrogen) atoms. The maximum Gasteiger partial charge on any atom is 0.263 e. The third kappa shape index (κ3) is 4.73. The molecule has 0 saturated carbocycles. The first-order chi connectivity index (χ1) is 11.0. The number of hydrogen-bond donors (Lipinski definition) is 0. The van der Waals surface area contributed by atoms with Crippen molar-refractivity contribution in [3.8, 4) is 11.8 Å². The second kappa shape index (κ2) is 7.66. The predicted molar refractivity (Wildman–Crippen MR) is 89.2 cm³/mol. The Morgan fingerprint density at radius 1 is 1.30 bits per heavy atom. The van der Waals surface area contributed by atoms with Crippen LogP contribution in [0.2, 0.25) is 5.02 Å². The maximum absolute atomic E-state index is 12.4. The fraction of sp³-hybridized carbons (Fsp3) is 0.222. The zero-order valence-corrected chi connectivity index (χ0v) is 13.7. The van der Waals surface area contributed by atoms with Gasteiger partial charge in [-0.15, -0.1) is 0 Å². The van der Waals surface area contributed by atoms with Crippen LogP contribution in [0, 0.1) is 11.3 Å². The van der Waals surface area contributed by atoms with Crippen LogP contribution < -0.4 is 4.74 Å². The monoisotopic (exact) mass is 328 g/mol. The zero-order chi connectivity index (χ0) is 16.8. The molecule has 4 nitrogen and oxygen atoms in total. The standard InChI is InChI=1S/C18H17ClN2O2/c1-13(23-17-8-6-14(11-20)7-9-17)18(22)21(2)12-15-4-3-5-16(19)10-15/h3-10,13H,12H2,1-2H3/t13-/m1/s1. The minimum absolute atomic E-state index is 0.130. The summed E-state index contributed by atoms with van der Waals surface area (Å²) in [7, 11) is 1.72. The molecule has 2 aromatic rings. The number of benzene rings is 2. The van der Waals surface area contributed by atoms with Crippen molar-refractivity contribution in [1.29, 1.82) is 5.26 Å². The number of nitriles is 1. The number of carbonyl (C=O) groups is 1. The molecule has 0 aromatic heterocycles. The van der Waals surface area contributed by atoms with Gasteiger partial charge in [0.1, 0.15) is 5.75 Å². The van der Waals surface area contributed by atoms with Gasteiger partial charge in [-0.1, -0.05) is 23.7 Å². The third-order valence-electron chi connectivity index (χ3n) is 3.33. The number of rotatable bonds is 5. The Morgan fingerprint density at radius 2 is 2.00 bits per heavy atom. The number of hydrogen-bond acceptors (Lipinski definition) is 3. The summed E-state index contributed by atoms with van der Waals surface area (Å²) in [6.45, 7) is 2.16. The van der Waals surface area contributed by atoms with Crippen molar-refractivity contribution in [3.05, 3.63) is 64.7 Å². The number of carbonyl (C=O) groups excluding carboxylic acids is 1. The SMILES string of the molecule is C[C@@H](Oc1ccc(C#N)cc1)C(=O)N(C)Cc1cccc(Cl)c1. The lowest BCUT2D eigenvalue weighted by Gasteiger charge is -2.22. The second-order valence-corrected chi connectivity index (χ2v) is 5.66. The average Bonchev–Trinajstić information content (AvgIpc) is 2.54. The molecule has 0 bridgehead atoms. The van der Waals surface area contributed by atoms with Crippen molar-refractivity contribution in [2.45, 2.75) is 19.6 Å². The van der Waals surface area contributed by atoms with Crippen LogP contribution in [0.4, 0.5) is 0 Å². The van der Waals surface area contributed by atoms with Crippen LogP contribution in [-0.4, -0.2) is 24.0 Å². The van der Waals surface area contributed by atoms with E-state index in [1.807, 2.05) is 24.3 Å². The molecule has 0 unspecified atom stereocenters. The summed E-state index contributed by atoms with van der Waals surface area (Å²) in [5.74, 6) is 0.426. The molecular weight excluding hydrogens is 312 g/mol. The van der Waals surface area contributed by atoms with Crippen LogP contribution >= 0.6 is 11.6 Å². The van der Waals surface area contributed by atoms with E-state index in [2.05, 4.69) is 0 Å². The van der Waals surface area contributed by atoms with Gasteiger partial charge < -0.3 is 9.64 Å². The van der Waals surface area contributed by atoms with Gasteiger partial charge in [-0.2, -0.15) is 5.26 Å². The van der Waals surface area contributed by atoms with Gasteiger partial charge in [0.25, 0.3) is 5.91 Å². The third-order valence-corrected chi connectivity index (χ3v) is 3.56. The van der Waals surface area contributed by atoms with E-state index in [4.69, 9.17) is 21.6 Å². The molecule has 5 heteroatoms. The Labute approximate surface area is 140 Å². The molecule has 1 amide bonds. The lowest BCUT2D eigenvalue weighted by atomic mass is 10.2. The Bertz CT molecular complexity index is 723. The second-order valence-electron chi connectivity index (χ2n) is 5.22. The summed E-state index contributed by atoms with van der Waals surface area (Å²) in [6.07, 6.45) is -0.618. The Balaban J connectivity index is 1.96. The van der Waals surface area contributed by atoms with Crippen LogP contribution in [0.25, 0.3) is 0 Å². The fourth-order valence-electron chi connectivity index (χ4n) is 2.16. The van der Waals surface area contributed by atoms with Gasteiger partial charge in [0.05, 0.1) is 11.6 Å². The smallest absolute Gasteiger partial charge is 0.263 e. The van der Waals surface area contributed by atoms with Gasteiger partial charge in [-0.05, 0) is 48.9 Å². The zero-order valence-electron chi connectivity index (χ0n) is 13.0. The summed E-state index contributed by atoms with van der Waals surface area (Å²) in [4.78, 5) is 14.0. The summed E-state index contributed by atoms with van der Waals surface area (Å²) < 4.78 is 5.63. The Morgan fingerprint density at radius 3 is 2.61 bits per heavy atom. The highest BCUT2D eigenvalue weighted by Crippen LogP contribution is 2.16. The molecule has 118 valence electrons. The topological polar surface area (TPSA) is 53.3 Å². The van der Waals surface area contributed by atoms with Crippen LogP contribution in [0.5, 0.6) is 5.75 Å². The van der Waals surface area contributed by atoms with E-state index in [9.17, 15) is 4.79 Å². The molecule has 0 heterocycles. The van der Waals surface area contributed by atoms with E-state index in [0.29, 0.717) is 22.9 Å². The summed E-state index contributed by atoms with van der Waals surface area (Å²) in [6, 6.07) is 16.1. The lowest BCUT2D eigenvalue weighted by Crippen LogP contribution is -2.37. The average molecular weight is 329 g/mol. The van der Waals surface area contributed by atoms with Crippen LogP contribution in [0.1, 0.15) is 18.1 Å². The fourth-order valence-corrected chi connectivity index (χ4v) is 2.37. The van der Waals surface area contributed by atoms with Crippen LogP contribution in [-0.2, 0) is 11.3 Å². The summed E-state index contributed by atoms with van der Waals surface area (Å²) >= 11 is 5.95. The first kappa shape index (κ1) is 16.9. The Kier molecular flexibility index (Phi) is 5.61. The largest absolute Gasteiger partial charge is 0.481 e. The van der Waals surface area contributed by atoms with Crippen molar-refractivity contribution in [2.24, 2.45) is 0 Å². The molecule has 2 aromatic carbocycles. The number of ether oxygens (including phenoxy) is 1. The van der Waals surface area contributed by atoms with E-state index in [1.165, 1.54) is 0 Å². The number of halogens is 1. The van der Waals surface area contributed by atoms with E-state index in [0.717, 1.165) is 5.56 Å². The molecule has 0 fully saturated rings. The van der Waals surface area contributed by atoms with Crippen molar-refractivity contribution in [3.63, 3.8) is 0 Å². The van der Waals surface area contributed by atoms with Gasteiger partial charge in [0.2, 0.25) is 0 Å². The van der Waals surface area contributed by atoms with E-state index >= 15 is 0 Å². The number of likely N-dealkylation sites (N-methyl/N-ethyl adjacent to an activating group) is 1. The predicted octanol–water partition coefficient (Wildman–Crippen LogP) is 3.64. The number of nitrogens with zero attached hydrogens (tertiary/aromatic N) is 2. The molecule has 1 atom stereocenters. The molecule has 2 rings (SSSR count). The molecule has 0 aliphatic rings. The van der Waals surface area contributed by atoms with E-state index < -0.39 is 6.10 Å². The maximum atomic E-state index is 12.4. The van der Waals surface area contributed by atoms with E-state index in [-0.39, 0.29) is 5.91 Å². The highest BCUT2D eigenvalue weighted by atomic mass is 35.5. The molecule has 0 saturated heterocycles. The Hall–Kier alpha value is -2.51. The lowest BCUT2D eigenvalue weighted by molar-refractivity contribution is -0.137. The molecule has 0 radical (unpaired) electrons. The van der Waals surface area contributed by atoms with Gasteiger partial charge in [-0.25, -0.2) is 0 Å². The van der Waals surface area contributed by atoms with Gasteiger partial charge >= 0.3 is 0 Å². The van der Waals surface area contributed by atoms with Crippen molar-refractivity contribution in [2.75, 3.05) is 7.05 Å². The van der Waals surface area contributed by atoms with Gasteiger partial charge in [0.15, 0.2) is 6.10 Å². The summed E-state index contributed by atoms with van der Waals surface area (Å²) in [5, 5.41) is 9.41. The highest BCUT2D eigenvalue weighted by molar-refractivity contribution is 6.30. The van der Waals surface area contributed by atoms with Crippen LogP contribution in [0.15, 0.2) is 48.5 Å². The van der Waals surface area contributed by atoms with Gasteiger partial charge in [-0.3, -0.25) is 4.79 Å². The van der Waals surface area contributed by atoms with Crippen molar-refractivity contribution >= 4 is 17.5 Å². The quantitative estimate of drug-likeness (QED) is 0.842. The molecule has 0 N–H and O–H groups in total. The minimum Gasteiger partial charge on any atom is -0.481 e. The molecule has 0 spiro atoms. The van der Waals surface area contributed by atoms with Crippen molar-refractivity contribution < 1.29 is 9.53 Å².